The maximum atomic E-state index is 13.1. The zero-order valence-electron chi connectivity index (χ0n) is 12.1. The van der Waals surface area contributed by atoms with Crippen LogP contribution in [0.15, 0.2) is 46.9 Å². The van der Waals surface area contributed by atoms with Crippen LogP contribution < -0.4 is 10.6 Å². The number of nitrogens with one attached hydrogen (secondary N) is 2. The van der Waals surface area contributed by atoms with Crippen LogP contribution in [0.5, 0.6) is 0 Å². The topological polar surface area (TPSA) is 58.2 Å². The van der Waals surface area contributed by atoms with Crippen LogP contribution in [0.1, 0.15) is 23.2 Å². The van der Waals surface area contributed by atoms with Crippen LogP contribution >= 0.6 is 15.9 Å². The zero-order chi connectivity index (χ0) is 16.4. The summed E-state index contributed by atoms with van der Waals surface area (Å²) in [5.41, 5.74) is 1.64. The van der Waals surface area contributed by atoms with E-state index in [9.17, 15) is 14.0 Å². The molecule has 0 aromatic heterocycles. The molecule has 3 rings (SSSR count). The van der Waals surface area contributed by atoms with E-state index in [1.807, 2.05) is 0 Å². The van der Waals surface area contributed by atoms with Gasteiger partial charge in [-0.25, -0.2) is 4.39 Å². The summed E-state index contributed by atoms with van der Waals surface area (Å²) < 4.78 is 13.4. The molecule has 1 fully saturated rings. The van der Waals surface area contributed by atoms with E-state index in [1.165, 1.54) is 18.2 Å². The molecule has 0 unspecified atom stereocenters. The van der Waals surface area contributed by atoms with Gasteiger partial charge in [0.05, 0.1) is 5.56 Å². The largest absolute Gasteiger partial charge is 0.326 e. The first kappa shape index (κ1) is 15.7. The van der Waals surface area contributed by atoms with Gasteiger partial charge < -0.3 is 10.6 Å². The fourth-order valence-electron chi connectivity index (χ4n) is 2.10. The predicted octanol–water partition coefficient (Wildman–Crippen LogP) is 4.19. The molecule has 118 valence electrons. The Morgan fingerprint density at radius 3 is 2.17 bits per heavy atom. The van der Waals surface area contributed by atoms with Crippen molar-refractivity contribution in [2.24, 2.45) is 5.92 Å². The smallest absolute Gasteiger partial charge is 0.256 e. The van der Waals surface area contributed by atoms with E-state index in [0.717, 1.165) is 12.8 Å². The summed E-state index contributed by atoms with van der Waals surface area (Å²) in [4.78, 5) is 23.8. The fourth-order valence-corrected chi connectivity index (χ4v) is 2.63. The van der Waals surface area contributed by atoms with Crippen LogP contribution in [0.25, 0.3) is 0 Å². The second-order valence-corrected chi connectivity index (χ2v) is 6.27. The second kappa shape index (κ2) is 6.50. The molecule has 2 N–H and O–H groups in total. The van der Waals surface area contributed by atoms with Gasteiger partial charge in [0.1, 0.15) is 5.82 Å². The van der Waals surface area contributed by atoms with Crippen molar-refractivity contribution in [1.29, 1.82) is 0 Å². The number of carbonyl (C=O) groups is 2. The Balaban J connectivity index is 1.65. The Hall–Kier alpha value is -2.21. The van der Waals surface area contributed by atoms with Crippen molar-refractivity contribution in [2.45, 2.75) is 12.8 Å². The van der Waals surface area contributed by atoms with Gasteiger partial charge in [0.2, 0.25) is 5.91 Å². The van der Waals surface area contributed by atoms with E-state index in [2.05, 4.69) is 26.6 Å². The van der Waals surface area contributed by atoms with E-state index in [4.69, 9.17) is 0 Å². The molecule has 2 amide bonds. The van der Waals surface area contributed by atoms with Gasteiger partial charge in [0.15, 0.2) is 0 Å². The minimum atomic E-state index is -0.413. The Bertz CT molecular complexity index is 758. The molecule has 0 bridgehead atoms. The van der Waals surface area contributed by atoms with Crippen LogP contribution in [0.2, 0.25) is 0 Å². The van der Waals surface area contributed by atoms with Gasteiger partial charge in [-0.3, -0.25) is 9.59 Å². The Labute approximate surface area is 141 Å². The minimum absolute atomic E-state index is 0.0389. The standard InChI is InChI=1S/C17H14BrFN2O2/c18-15-9-11(19)3-8-14(15)17(23)21-13-6-4-12(5-7-13)20-16(22)10-1-2-10/h3-10H,1-2H2,(H,20,22)(H,21,23). The molecule has 1 aliphatic carbocycles. The van der Waals surface area contributed by atoms with Gasteiger partial charge in [-0.1, -0.05) is 0 Å². The molecule has 6 heteroatoms. The molecule has 1 saturated carbocycles. The van der Waals surface area contributed by atoms with Gasteiger partial charge in [-0.2, -0.15) is 0 Å². The predicted molar refractivity (Wildman–Crippen MR) is 89.8 cm³/mol. The second-order valence-electron chi connectivity index (χ2n) is 5.42. The molecule has 23 heavy (non-hydrogen) atoms. The first-order valence-electron chi connectivity index (χ1n) is 7.20. The van der Waals surface area contributed by atoms with E-state index < -0.39 is 5.82 Å². The molecular weight excluding hydrogens is 363 g/mol. The van der Waals surface area contributed by atoms with Crippen LogP contribution in [0, 0.1) is 11.7 Å². The molecule has 2 aromatic carbocycles. The molecule has 0 saturated heterocycles. The maximum absolute atomic E-state index is 13.1. The van der Waals surface area contributed by atoms with Gasteiger partial charge in [0, 0.05) is 21.8 Å². The molecule has 0 heterocycles. The lowest BCUT2D eigenvalue weighted by Gasteiger charge is -2.09. The summed E-state index contributed by atoms with van der Waals surface area (Å²) in [6, 6.07) is 10.8. The van der Waals surface area contributed by atoms with E-state index in [1.54, 1.807) is 24.3 Å². The van der Waals surface area contributed by atoms with Crippen molar-refractivity contribution in [3.63, 3.8) is 0 Å². The quantitative estimate of drug-likeness (QED) is 0.840. The molecule has 0 atom stereocenters. The number of benzene rings is 2. The van der Waals surface area contributed by atoms with Crippen molar-refractivity contribution in [3.05, 3.63) is 58.3 Å². The first-order valence-corrected chi connectivity index (χ1v) is 7.99. The van der Waals surface area contributed by atoms with Crippen molar-refractivity contribution >= 4 is 39.1 Å². The third kappa shape index (κ3) is 3.96. The molecule has 2 aromatic rings. The maximum Gasteiger partial charge on any atom is 0.256 e. The number of hydrogen-bond acceptors (Lipinski definition) is 2. The molecule has 0 spiro atoms. The summed E-state index contributed by atoms with van der Waals surface area (Å²) in [6.07, 6.45) is 1.90. The number of amides is 2. The van der Waals surface area contributed by atoms with Crippen molar-refractivity contribution in [1.82, 2.24) is 0 Å². The minimum Gasteiger partial charge on any atom is -0.326 e. The number of hydrogen-bond donors (Lipinski definition) is 2. The fraction of sp³-hybridized carbons (Fsp3) is 0.176. The van der Waals surface area contributed by atoms with E-state index in [0.29, 0.717) is 21.4 Å². The zero-order valence-corrected chi connectivity index (χ0v) is 13.7. The number of halogens is 2. The third-order valence-corrected chi connectivity index (χ3v) is 4.19. The van der Waals surface area contributed by atoms with Gasteiger partial charge in [-0.05, 0) is 71.2 Å². The molecular formula is C17H14BrFN2O2. The van der Waals surface area contributed by atoms with E-state index in [-0.39, 0.29) is 17.7 Å². The monoisotopic (exact) mass is 376 g/mol. The Morgan fingerprint density at radius 2 is 1.61 bits per heavy atom. The summed E-state index contributed by atoms with van der Waals surface area (Å²) >= 11 is 3.17. The SMILES string of the molecule is O=C(Nc1ccc(NC(=O)C2CC2)cc1)c1ccc(F)cc1Br. The lowest BCUT2D eigenvalue weighted by Crippen LogP contribution is -2.14. The lowest BCUT2D eigenvalue weighted by atomic mass is 10.2. The van der Waals surface area contributed by atoms with Crippen LogP contribution in [0.3, 0.4) is 0 Å². The van der Waals surface area contributed by atoms with Gasteiger partial charge in [-0.15, -0.1) is 0 Å². The highest BCUT2D eigenvalue weighted by Crippen LogP contribution is 2.30. The lowest BCUT2D eigenvalue weighted by molar-refractivity contribution is -0.117. The summed E-state index contributed by atoms with van der Waals surface area (Å²) in [5, 5.41) is 5.56. The molecule has 0 aliphatic heterocycles. The van der Waals surface area contributed by atoms with Gasteiger partial charge >= 0.3 is 0 Å². The summed E-state index contributed by atoms with van der Waals surface area (Å²) in [6.45, 7) is 0. The average Bonchev–Trinajstić information content (AvgIpc) is 3.33. The first-order chi connectivity index (χ1) is 11.0. The van der Waals surface area contributed by atoms with Crippen LogP contribution in [-0.4, -0.2) is 11.8 Å². The van der Waals surface area contributed by atoms with Crippen molar-refractivity contribution in [2.75, 3.05) is 10.6 Å². The van der Waals surface area contributed by atoms with E-state index >= 15 is 0 Å². The Kier molecular flexibility index (Phi) is 4.43. The van der Waals surface area contributed by atoms with Crippen LogP contribution in [0.4, 0.5) is 15.8 Å². The molecule has 4 nitrogen and oxygen atoms in total. The van der Waals surface area contributed by atoms with Crippen LogP contribution in [-0.2, 0) is 4.79 Å². The summed E-state index contributed by atoms with van der Waals surface area (Å²) in [7, 11) is 0. The summed E-state index contributed by atoms with van der Waals surface area (Å²) in [5.74, 6) is -0.571. The normalized spacial score (nSPS) is 13.5. The average molecular weight is 377 g/mol. The third-order valence-electron chi connectivity index (χ3n) is 3.53. The van der Waals surface area contributed by atoms with Crippen molar-refractivity contribution < 1.29 is 14.0 Å². The molecule has 1 aliphatic rings. The number of carbonyl (C=O) groups excluding carboxylic acids is 2. The number of anilines is 2. The Morgan fingerprint density at radius 1 is 1.00 bits per heavy atom. The highest BCUT2D eigenvalue weighted by Gasteiger charge is 2.29. The highest BCUT2D eigenvalue weighted by atomic mass is 79.9. The molecule has 0 radical (unpaired) electrons. The van der Waals surface area contributed by atoms with Gasteiger partial charge in [0.25, 0.3) is 5.91 Å². The van der Waals surface area contributed by atoms with Crippen molar-refractivity contribution in [3.8, 4) is 0 Å². The number of rotatable bonds is 4. The highest BCUT2D eigenvalue weighted by molar-refractivity contribution is 9.10.